The van der Waals surface area contributed by atoms with E-state index in [1.807, 2.05) is 0 Å². The second-order valence-corrected chi connectivity index (χ2v) is 8.10. The number of nitrogens with zero attached hydrogens (tertiary/aromatic N) is 1. The minimum Gasteiger partial charge on any atom is -0.305 e. The summed E-state index contributed by atoms with van der Waals surface area (Å²) in [5.41, 5.74) is 1.52. The number of rotatable bonds is 4. The van der Waals surface area contributed by atoms with Gasteiger partial charge in [0.15, 0.2) is 0 Å². The zero-order valence-electron chi connectivity index (χ0n) is 13.3. The Balaban J connectivity index is 1.73. The van der Waals surface area contributed by atoms with E-state index in [-0.39, 0.29) is 5.54 Å². The zero-order chi connectivity index (χ0) is 14.7. The highest BCUT2D eigenvalue weighted by Crippen LogP contribution is 2.36. The molecule has 116 valence electrons. The van der Waals surface area contributed by atoms with Crippen molar-refractivity contribution in [2.75, 3.05) is 25.4 Å². The second kappa shape index (κ2) is 6.72. The summed E-state index contributed by atoms with van der Waals surface area (Å²) in [7, 11) is 0. The number of nitrogens with one attached hydrogen (secondary N) is 1. The first-order valence-electron chi connectivity index (χ1n) is 8.39. The lowest BCUT2D eigenvalue weighted by molar-refractivity contribution is 0.103. The molecule has 0 amide bonds. The molecule has 2 aliphatic rings. The topological polar surface area (TPSA) is 15.3 Å². The molecule has 21 heavy (non-hydrogen) atoms. The van der Waals surface area contributed by atoms with E-state index in [1.54, 1.807) is 0 Å². The minimum atomic E-state index is 0.101. The Morgan fingerprint density at radius 3 is 2.86 bits per heavy atom. The van der Waals surface area contributed by atoms with Gasteiger partial charge < -0.3 is 5.32 Å². The molecular weight excluding hydrogens is 276 g/mol. The molecule has 0 bridgehead atoms. The molecule has 0 spiro atoms. The molecule has 1 aliphatic carbocycles. The number of benzene rings is 1. The van der Waals surface area contributed by atoms with E-state index < -0.39 is 0 Å². The summed E-state index contributed by atoms with van der Waals surface area (Å²) in [5.74, 6) is 1.25. The molecule has 1 saturated heterocycles. The van der Waals surface area contributed by atoms with Crippen molar-refractivity contribution in [1.82, 2.24) is 10.2 Å². The van der Waals surface area contributed by atoms with Crippen LogP contribution in [0.1, 0.15) is 38.7 Å². The predicted octanol–water partition coefficient (Wildman–Crippen LogP) is 3.48. The molecule has 3 heteroatoms. The van der Waals surface area contributed by atoms with Gasteiger partial charge in [-0.1, -0.05) is 43.7 Å². The average Bonchev–Trinajstić information content (AvgIpc) is 2.97. The Morgan fingerprint density at radius 1 is 1.29 bits per heavy atom. The highest BCUT2D eigenvalue weighted by molar-refractivity contribution is 7.99. The van der Waals surface area contributed by atoms with Crippen molar-refractivity contribution in [3.63, 3.8) is 0 Å². The third-order valence-corrected chi connectivity index (χ3v) is 6.42. The minimum absolute atomic E-state index is 0.101. The van der Waals surface area contributed by atoms with Crippen LogP contribution >= 0.6 is 11.8 Å². The lowest BCUT2D eigenvalue weighted by atomic mass is 9.89. The highest BCUT2D eigenvalue weighted by atomic mass is 32.2. The van der Waals surface area contributed by atoms with Crippen LogP contribution in [0.25, 0.3) is 0 Å². The Morgan fingerprint density at radius 2 is 2.10 bits per heavy atom. The van der Waals surface area contributed by atoms with Gasteiger partial charge >= 0.3 is 0 Å². The van der Waals surface area contributed by atoms with Crippen LogP contribution in [-0.4, -0.2) is 41.6 Å². The van der Waals surface area contributed by atoms with Gasteiger partial charge in [0.2, 0.25) is 0 Å². The van der Waals surface area contributed by atoms with E-state index >= 15 is 0 Å². The average molecular weight is 305 g/mol. The molecule has 3 rings (SSSR count). The normalized spacial score (nSPS) is 34.2. The standard InChI is InChI=1S/C18H28N2S/c1-3-21-17-11-7-10-16(17)20-13-12-19-18(2,14-20)15-8-5-4-6-9-15/h4-6,8-9,16-17,19H,3,7,10-14H2,1-2H3. The number of piperazine rings is 1. The molecule has 1 saturated carbocycles. The van der Waals surface area contributed by atoms with Gasteiger partial charge in [-0.25, -0.2) is 0 Å². The van der Waals surface area contributed by atoms with Crippen LogP contribution < -0.4 is 5.32 Å². The molecule has 1 N–H and O–H groups in total. The third kappa shape index (κ3) is 3.30. The van der Waals surface area contributed by atoms with Crippen molar-refractivity contribution < 1.29 is 0 Å². The van der Waals surface area contributed by atoms with Crippen LogP contribution in [0.4, 0.5) is 0 Å². The molecule has 2 fully saturated rings. The molecule has 3 unspecified atom stereocenters. The van der Waals surface area contributed by atoms with Gasteiger partial charge in [-0.2, -0.15) is 11.8 Å². The van der Waals surface area contributed by atoms with Gasteiger partial charge in [-0.3, -0.25) is 4.90 Å². The molecule has 0 radical (unpaired) electrons. The van der Waals surface area contributed by atoms with E-state index in [9.17, 15) is 0 Å². The summed E-state index contributed by atoms with van der Waals surface area (Å²) >= 11 is 2.17. The van der Waals surface area contributed by atoms with Gasteiger partial charge in [-0.05, 0) is 31.1 Å². The van der Waals surface area contributed by atoms with Crippen LogP contribution in [0.5, 0.6) is 0 Å². The Kier molecular flexibility index (Phi) is 4.92. The second-order valence-electron chi connectivity index (χ2n) is 6.59. The van der Waals surface area contributed by atoms with Crippen molar-refractivity contribution in [3.05, 3.63) is 35.9 Å². The zero-order valence-corrected chi connectivity index (χ0v) is 14.2. The fourth-order valence-electron chi connectivity index (χ4n) is 4.03. The van der Waals surface area contributed by atoms with Crippen LogP contribution in [0, 0.1) is 0 Å². The van der Waals surface area contributed by atoms with E-state index in [0.29, 0.717) is 0 Å². The number of hydrogen-bond acceptors (Lipinski definition) is 3. The predicted molar refractivity (Wildman–Crippen MR) is 92.9 cm³/mol. The quantitative estimate of drug-likeness (QED) is 0.917. The maximum Gasteiger partial charge on any atom is 0.0535 e. The summed E-state index contributed by atoms with van der Waals surface area (Å²) in [5, 5.41) is 4.62. The van der Waals surface area contributed by atoms with Gasteiger partial charge in [-0.15, -0.1) is 0 Å². The van der Waals surface area contributed by atoms with Gasteiger partial charge in [0.25, 0.3) is 0 Å². The summed E-state index contributed by atoms with van der Waals surface area (Å²) in [4.78, 5) is 2.77. The van der Waals surface area contributed by atoms with Crippen molar-refractivity contribution >= 4 is 11.8 Å². The summed E-state index contributed by atoms with van der Waals surface area (Å²) in [6.07, 6.45) is 4.21. The fraction of sp³-hybridized carbons (Fsp3) is 0.667. The van der Waals surface area contributed by atoms with Crippen LogP contribution in [-0.2, 0) is 5.54 Å². The van der Waals surface area contributed by atoms with Crippen LogP contribution in [0.3, 0.4) is 0 Å². The Hall–Kier alpha value is -0.510. The van der Waals surface area contributed by atoms with E-state index in [1.165, 1.54) is 37.1 Å². The maximum atomic E-state index is 3.76. The van der Waals surface area contributed by atoms with Gasteiger partial charge in [0.05, 0.1) is 5.54 Å². The van der Waals surface area contributed by atoms with Crippen molar-refractivity contribution in [2.45, 2.75) is 49.9 Å². The monoisotopic (exact) mass is 304 g/mol. The van der Waals surface area contributed by atoms with E-state index in [2.05, 4.69) is 66.2 Å². The maximum absolute atomic E-state index is 3.76. The molecule has 1 aromatic rings. The summed E-state index contributed by atoms with van der Waals surface area (Å²) in [6.45, 7) is 8.11. The Labute approximate surface area is 133 Å². The molecule has 1 aromatic carbocycles. The molecule has 2 nitrogen and oxygen atoms in total. The first kappa shape index (κ1) is 15.4. The number of thioether (sulfide) groups is 1. The molecular formula is C18H28N2S. The Bertz CT molecular complexity index is 450. The lowest BCUT2D eigenvalue weighted by Crippen LogP contribution is -2.59. The first-order valence-corrected chi connectivity index (χ1v) is 9.44. The third-order valence-electron chi connectivity index (χ3n) is 5.11. The first-order chi connectivity index (χ1) is 10.2. The molecule has 3 atom stereocenters. The summed E-state index contributed by atoms with van der Waals surface area (Å²) in [6, 6.07) is 11.8. The van der Waals surface area contributed by atoms with Crippen molar-refractivity contribution in [2.24, 2.45) is 0 Å². The van der Waals surface area contributed by atoms with Crippen LogP contribution in [0.2, 0.25) is 0 Å². The van der Waals surface area contributed by atoms with Crippen LogP contribution in [0.15, 0.2) is 30.3 Å². The van der Waals surface area contributed by atoms with Gasteiger partial charge in [0, 0.05) is 30.9 Å². The lowest BCUT2D eigenvalue weighted by Gasteiger charge is -2.45. The van der Waals surface area contributed by atoms with Crippen molar-refractivity contribution in [3.8, 4) is 0 Å². The van der Waals surface area contributed by atoms with Crippen molar-refractivity contribution in [1.29, 1.82) is 0 Å². The highest BCUT2D eigenvalue weighted by Gasteiger charge is 2.39. The smallest absolute Gasteiger partial charge is 0.0535 e. The molecule has 1 aliphatic heterocycles. The largest absolute Gasteiger partial charge is 0.305 e. The summed E-state index contributed by atoms with van der Waals surface area (Å²) < 4.78 is 0. The fourth-order valence-corrected chi connectivity index (χ4v) is 5.32. The SMILES string of the molecule is CCSC1CCCC1N1CCNC(C)(c2ccccc2)C1. The van der Waals surface area contributed by atoms with E-state index in [0.717, 1.165) is 24.4 Å². The number of hydrogen-bond donors (Lipinski definition) is 1. The van der Waals surface area contributed by atoms with Gasteiger partial charge in [0.1, 0.15) is 0 Å². The molecule has 1 heterocycles. The van der Waals surface area contributed by atoms with E-state index in [4.69, 9.17) is 0 Å². The molecule has 0 aromatic heterocycles.